The molecule has 1 aromatic carbocycles. The molecule has 0 saturated carbocycles. The van der Waals surface area contributed by atoms with E-state index in [1.165, 1.54) is 5.56 Å². The summed E-state index contributed by atoms with van der Waals surface area (Å²) in [5.74, 6) is -0.364. The van der Waals surface area contributed by atoms with Gasteiger partial charge in [0.25, 0.3) is 5.91 Å². The molecule has 0 radical (unpaired) electrons. The molecular formula is C17H23NO3. The second-order valence-corrected chi connectivity index (χ2v) is 5.64. The summed E-state index contributed by atoms with van der Waals surface area (Å²) in [4.78, 5) is 26.2. The third kappa shape index (κ3) is 3.63. The molecule has 1 aliphatic heterocycles. The highest BCUT2D eigenvalue weighted by Gasteiger charge is 2.29. The summed E-state index contributed by atoms with van der Waals surface area (Å²) in [5, 5.41) is 0. The van der Waals surface area contributed by atoms with Crippen LogP contribution in [0.15, 0.2) is 18.2 Å². The predicted octanol–water partition coefficient (Wildman–Crippen LogP) is 2.72. The van der Waals surface area contributed by atoms with E-state index in [9.17, 15) is 9.59 Å². The van der Waals surface area contributed by atoms with Crippen LogP contribution in [0.4, 0.5) is 0 Å². The zero-order valence-electron chi connectivity index (χ0n) is 13.0. The minimum absolute atomic E-state index is 0.00657. The van der Waals surface area contributed by atoms with Gasteiger partial charge in [-0.05, 0) is 56.9 Å². The van der Waals surface area contributed by atoms with Gasteiger partial charge in [-0.15, -0.1) is 0 Å². The van der Waals surface area contributed by atoms with Gasteiger partial charge >= 0.3 is 5.97 Å². The van der Waals surface area contributed by atoms with E-state index in [0.29, 0.717) is 25.3 Å². The fraction of sp³-hybridized carbons (Fsp3) is 0.529. The second kappa shape index (κ2) is 6.74. The lowest BCUT2D eigenvalue weighted by molar-refractivity contribution is -0.149. The molecule has 21 heavy (non-hydrogen) atoms. The molecule has 0 unspecified atom stereocenters. The molecule has 0 spiro atoms. The highest BCUT2D eigenvalue weighted by atomic mass is 16.5. The molecule has 0 aliphatic carbocycles. The van der Waals surface area contributed by atoms with Crippen LogP contribution in [0.25, 0.3) is 0 Å². The van der Waals surface area contributed by atoms with E-state index in [0.717, 1.165) is 18.4 Å². The van der Waals surface area contributed by atoms with Crippen LogP contribution < -0.4 is 0 Å². The molecule has 1 atom stereocenters. The third-order valence-corrected chi connectivity index (χ3v) is 4.08. The number of amides is 1. The molecule has 0 N–H and O–H groups in total. The highest BCUT2D eigenvalue weighted by Crippen LogP contribution is 2.20. The van der Waals surface area contributed by atoms with E-state index in [4.69, 9.17) is 4.74 Å². The van der Waals surface area contributed by atoms with Crippen molar-refractivity contribution < 1.29 is 14.3 Å². The summed E-state index contributed by atoms with van der Waals surface area (Å²) in [6, 6.07) is 5.75. The van der Waals surface area contributed by atoms with Crippen LogP contribution in [0, 0.1) is 19.8 Å². The largest absolute Gasteiger partial charge is 0.466 e. The maximum Gasteiger partial charge on any atom is 0.310 e. The number of ether oxygens (including phenoxy) is 1. The minimum Gasteiger partial charge on any atom is -0.466 e. The van der Waals surface area contributed by atoms with Crippen LogP contribution in [-0.2, 0) is 9.53 Å². The van der Waals surface area contributed by atoms with Gasteiger partial charge in [-0.25, -0.2) is 0 Å². The van der Waals surface area contributed by atoms with E-state index >= 15 is 0 Å². The number of rotatable bonds is 3. The lowest BCUT2D eigenvalue weighted by Crippen LogP contribution is -2.42. The molecule has 1 amide bonds. The number of aryl methyl sites for hydroxylation is 2. The van der Waals surface area contributed by atoms with Gasteiger partial charge in [0.15, 0.2) is 0 Å². The molecular weight excluding hydrogens is 266 g/mol. The van der Waals surface area contributed by atoms with Crippen molar-refractivity contribution in [1.29, 1.82) is 0 Å². The number of carbonyl (C=O) groups excluding carboxylic acids is 2. The lowest BCUT2D eigenvalue weighted by Gasteiger charge is -2.31. The van der Waals surface area contributed by atoms with Gasteiger partial charge in [-0.3, -0.25) is 9.59 Å². The van der Waals surface area contributed by atoms with Crippen LogP contribution in [0.1, 0.15) is 41.3 Å². The lowest BCUT2D eigenvalue weighted by atomic mass is 9.97. The maximum absolute atomic E-state index is 12.6. The summed E-state index contributed by atoms with van der Waals surface area (Å²) < 4.78 is 5.07. The molecule has 4 nitrogen and oxygen atoms in total. The molecule has 0 bridgehead atoms. The Morgan fingerprint density at radius 2 is 2.05 bits per heavy atom. The van der Waals surface area contributed by atoms with E-state index in [2.05, 4.69) is 0 Å². The van der Waals surface area contributed by atoms with Gasteiger partial charge in [-0.2, -0.15) is 0 Å². The first-order valence-corrected chi connectivity index (χ1v) is 7.56. The smallest absolute Gasteiger partial charge is 0.310 e. The van der Waals surface area contributed by atoms with Crippen molar-refractivity contribution in [2.45, 2.75) is 33.6 Å². The number of esters is 1. The van der Waals surface area contributed by atoms with Gasteiger partial charge < -0.3 is 9.64 Å². The summed E-state index contributed by atoms with van der Waals surface area (Å²) >= 11 is 0. The quantitative estimate of drug-likeness (QED) is 0.804. The zero-order chi connectivity index (χ0) is 15.4. The van der Waals surface area contributed by atoms with Crippen molar-refractivity contribution in [1.82, 2.24) is 4.90 Å². The van der Waals surface area contributed by atoms with Crippen molar-refractivity contribution in [3.05, 3.63) is 34.9 Å². The number of hydrogen-bond donors (Lipinski definition) is 0. The van der Waals surface area contributed by atoms with Crippen molar-refractivity contribution in [2.75, 3.05) is 19.7 Å². The number of piperidine rings is 1. The van der Waals surface area contributed by atoms with Gasteiger partial charge in [0.2, 0.25) is 0 Å². The molecule has 1 fully saturated rings. The molecule has 2 rings (SSSR count). The van der Waals surface area contributed by atoms with Crippen LogP contribution in [0.2, 0.25) is 0 Å². The van der Waals surface area contributed by atoms with Crippen LogP contribution in [0.3, 0.4) is 0 Å². The summed E-state index contributed by atoms with van der Waals surface area (Å²) in [7, 11) is 0. The van der Waals surface area contributed by atoms with Gasteiger partial charge in [0.1, 0.15) is 0 Å². The number of carbonyl (C=O) groups is 2. The van der Waals surface area contributed by atoms with Crippen molar-refractivity contribution >= 4 is 11.9 Å². The summed E-state index contributed by atoms with van der Waals surface area (Å²) in [6.07, 6.45) is 1.65. The second-order valence-electron chi connectivity index (χ2n) is 5.64. The predicted molar refractivity (Wildman–Crippen MR) is 81.2 cm³/mol. The fourth-order valence-corrected chi connectivity index (χ4v) is 2.67. The first kappa shape index (κ1) is 15.5. The topological polar surface area (TPSA) is 46.6 Å². The zero-order valence-corrected chi connectivity index (χ0v) is 13.0. The van der Waals surface area contributed by atoms with E-state index in [1.54, 1.807) is 11.8 Å². The molecule has 4 heteroatoms. The first-order valence-electron chi connectivity index (χ1n) is 7.56. The van der Waals surface area contributed by atoms with Gasteiger partial charge in [0.05, 0.1) is 12.5 Å². The Hall–Kier alpha value is -1.84. The van der Waals surface area contributed by atoms with E-state index in [-0.39, 0.29) is 17.8 Å². The number of benzene rings is 1. The fourth-order valence-electron chi connectivity index (χ4n) is 2.67. The van der Waals surface area contributed by atoms with E-state index in [1.807, 2.05) is 32.0 Å². The Morgan fingerprint density at radius 3 is 2.71 bits per heavy atom. The number of hydrogen-bond acceptors (Lipinski definition) is 3. The Bertz CT molecular complexity index is 539. The molecule has 0 aromatic heterocycles. The molecule has 1 aromatic rings. The van der Waals surface area contributed by atoms with Gasteiger partial charge in [0, 0.05) is 18.7 Å². The van der Waals surface area contributed by atoms with Gasteiger partial charge in [-0.1, -0.05) is 6.07 Å². The third-order valence-electron chi connectivity index (χ3n) is 4.08. The molecule has 114 valence electrons. The normalized spacial score (nSPS) is 18.4. The Kier molecular flexibility index (Phi) is 4.99. The Labute approximate surface area is 126 Å². The SMILES string of the molecule is CCOC(=O)[C@H]1CCCN(C(=O)c2ccc(C)c(C)c2)C1. The summed E-state index contributed by atoms with van der Waals surface area (Å²) in [5.41, 5.74) is 2.98. The molecule has 1 saturated heterocycles. The van der Waals surface area contributed by atoms with Crippen LogP contribution in [-0.4, -0.2) is 36.5 Å². The average molecular weight is 289 g/mol. The van der Waals surface area contributed by atoms with Crippen molar-refractivity contribution in [3.8, 4) is 0 Å². The number of nitrogens with zero attached hydrogens (tertiary/aromatic N) is 1. The molecule has 1 heterocycles. The van der Waals surface area contributed by atoms with Crippen LogP contribution in [0.5, 0.6) is 0 Å². The van der Waals surface area contributed by atoms with E-state index < -0.39 is 0 Å². The standard InChI is InChI=1S/C17H23NO3/c1-4-21-17(20)15-6-5-9-18(11-15)16(19)14-8-7-12(2)13(3)10-14/h7-8,10,15H,4-6,9,11H2,1-3H3/t15-/m0/s1. The average Bonchev–Trinajstić information content (AvgIpc) is 2.49. The monoisotopic (exact) mass is 289 g/mol. The minimum atomic E-state index is -0.186. The van der Waals surface area contributed by atoms with Crippen molar-refractivity contribution in [3.63, 3.8) is 0 Å². The van der Waals surface area contributed by atoms with Crippen molar-refractivity contribution in [2.24, 2.45) is 5.92 Å². The highest BCUT2D eigenvalue weighted by molar-refractivity contribution is 5.94. The summed E-state index contributed by atoms with van der Waals surface area (Å²) in [6.45, 7) is 7.40. The molecule has 1 aliphatic rings. The maximum atomic E-state index is 12.6. The Balaban J connectivity index is 2.08. The first-order chi connectivity index (χ1) is 10.0. The number of likely N-dealkylation sites (tertiary alicyclic amines) is 1. The Morgan fingerprint density at radius 1 is 1.29 bits per heavy atom. The van der Waals surface area contributed by atoms with Crippen LogP contribution >= 0.6 is 0 Å².